The number of carbonyl (C=O) groups is 1. The average Bonchev–Trinajstić information content (AvgIpc) is 1.91. The van der Waals surface area contributed by atoms with Gasteiger partial charge in [-0.05, 0) is 0 Å². The molecule has 1 aliphatic heterocycles. The fourth-order valence-electron chi connectivity index (χ4n) is 0.586. The molecule has 7 heavy (non-hydrogen) atoms. The van der Waals surface area contributed by atoms with Crippen LogP contribution in [0.25, 0.3) is 0 Å². The summed E-state index contributed by atoms with van der Waals surface area (Å²) in [7, 11) is 1.73. The van der Waals surface area contributed by atoms with Gasteiger partial charge in [0, 0.05) is 20.0 Å². The Labute approximate surface area is 42.3 Å². The summed E-state index contributed by atoms with van der Waals surface area (Å²) in [6, 6.07) is 0. The molecule has 3 heteroatoms. The quantitative estimate of drug-likeness (QED) is 0.439. The second kappa shape index (κ2) is 1.50. The zero-order chi connectivity index (χ0) is 5.28. The van der Waals surface area contributed by atoms with Gasteiger partial charge in [0.1, 0.15) is 0 Å². The SMILES string of the molecule is CN1NCCC1=O. The summed E-state index contributed by atoms with van der Waals surface area (Å²) in [6.07, 6.45) is 0.649. The molecule has 0 atom stereocenters. The van der Waals surface area contributed by atoms with Crippen LogP contribution in [0.1, 0.15) is 6.42 Å². The van der Waals surface area contributed by atoms with Gasteiger partial charge in [-0.25, -0.2) is 5.43 Å². The first-order chi connectivity index (χ1) is 3.30. The van der Waals surface area contributed by atoms with Gasteiger partial charge in [0.25, 0.3) is 0 Å². The summed E-state index contributed by atoms with van der Waals surface area (Å²) < 4.78 is 0. The van der Waals surface area contributed by atoms with Crippen LogP contribution < -0.4 is 5.43 Å². The van der Waals surface area contributed by atoms with Crippen molar-refractivity contribution in [2.75, 3.05) is 13.6 Å². The van der Waals surface area contributed by atoms with Gasteiger partial charge >= 0.3 is 0 Å². The maximum Gasteiger partial charge on any atom is 0.237 e. The van der Waals surface area contributed by atoms with Crippen LogP contribution in [0.15, 0.2) is 0 Å². The van der Waals surface area contributed by atoms with Crippen molar-refractivity contribution < 1.29 is 4.79 Å². The molecule has 1 N–H and O–H groups in total. The Morgan fingerprint density at radius 3 is 2.71 bits per heavy atom. The molecule has 3 nitrogen and oxygen atoms in total. The van der Waals surface area contributed by atoms with E-state index >= 15 is 0 Å². The molecule has 0 aromatic heterocycles. The standard InChI is InChI=1S/C4H8N2O/c1-6-4(7)2-3-5-6/h5H,2-3H2,1H3. The molecule has 1 heterocycles. The van der Waals surface area contributed by atoms with Crippen LogP contribution in [0.2, 0.25) is 0 Å². The lowest BCUT2D eigenvalue weighted by Gasteiger charge is -2.04. The highest BCUT2D eigenvalue weighted by Crippen LogP contribution is 1.92. The molecular formula is C4H8N2O. The average molecular weight is 100 g/mol. The first-order valence-corrected chi connectivity index (χ1v) is 2.31. The van der Waals surface area contributed by atoms with Crippen molar-refractivity contribution in [3.05, 3.63) is 0 Å². The maximum atomic E-state index is 10.4. The van der Waals surface area contributed by atoms with Gasteiger partial charge in [0.2, 0.25) is 5.91 Å². The number of carbonyl (C=O) groups excluding carboxylic acids is 1. The van der Waals surface area contributed by atoms with E-state index in [4.69, 9.17) is 0 Å². The van der Waals surface area contributed by atoms with Crippen LogP contribution in [0, 0.1) is 0 Å². The minimum absolute atomic E-state index is 0.181. The van der Waals surface area contributed by atoms with Crippen molar-refractivity contribution in [1.29, 1.82) is 0 Å². The third kappa shape index (κ3) is 0.718. The van der Waals surface area contributed by atoms with E-state index < -0.39 is 0 Å². The molecule has 0 aromatic rings. The molecule has 0 spiro atoms. The van der Waals surface area contributed by atoms with Crippen molar-refractivity contribution in [2.45, 2.75) is 6.42 Å². The molecule has 1 amide bonds. The highest BCUT2D eigenvalue weighted by Gasteiger charge is 2.13. The second-order valence-electron chi connectivity index (χ2n) is 1.61. The van der Waals surface area contributed by atoms with E-state index in [1.807, 2.05) is 0 Å². The van der Waals surface area contributed by atoms with E-state index in [1.165, 1.54) is 5.01 Å². The number of amides is 1. The maximum absolute atomic E-state index is 10.4. The van der Waals surface area contributed by atoms with Gasteiger partial charge in [-0.2, -0.15) is 0 Å². The first kappa shape index (κ1) is 4.59. The van der Waals surface area contributed by atoms with Gasteiger partial charge in [0.15, 0.2) is 0 Å². The predicted octanol–water partition coefficient (Wildman–Crippen LogP) is -0.647. The van der Waals surface area contributed by atoms with E-state index in [2.05, 4.69) is 5.43 Å². The molecule has 1 saturated heterocycles. The normalized spacial score (nSPS) is 21.3. The summed E-state index contributed by atoms with van der Waals surface area (Å²) in [5.74, 6) is 0.181. The predicted molar refractivity (Wildman–Crippen MR) is 25.4 cm³/mol. The second-order valence-corrected chi connectivity index (χ2v) is 1.61. The van der Waals surface area contributed by atoms with Crippen LogP contribution in [0.3, 0.4) is 0 Å². The molecule has 0 radical (unpaired) electrons. The van der Waals surface area contributed by atoms with E-state index in [-0.39, 0.29) is 5.91 Å². The van der Waals surface area contributed by atoms with Crippen LogP contribution >= 0.6 is 0 Å². The van der Waals surface area contributed by atoms with Gasteiger partial charge < -0.3 is 0 Å². The minimum Gasteiger partial charge on any atom is -0.281 e. The Hall–Kier alpha value is -0.570. The monoisotopic (exact) mass is 100 g/mol. The van der Waals surface area contributed by atoms with E-state index in [9.17, 15) is 4.79 Å². The topological polar surface area (TPSA) is 32.3 Å². The van der Waals surface area contributed by atoms with Gasteiger partial charge in [-0.3, -0.25) is 9.80 Å². The highest BCUT2D eigenvalue weighted by molar-refractivity contribution is 5.77. The van der Waals surface area contributed by atoms with Crippen LogP contribution in [0.4, 0.5) is 0 Å². The molecule has 0 aromatic carbocycles. The van der Waals surface area contributed by atoms with Gasteiger partial charge in [-0.15, -0.1) is 0 Å². The Bertz CT molecular complexity index is 91.7. The number of nitrogens with zero attached hydrogens (tertiary/aromatic N) is 1. The van der Waals surface area contributed by atoms with E-state index in [0.717, 1.165) is 6.54 Å². The smallest absolute Gasteiger partial charge is 0.237 e. The summed E-state index contributed by atoms with van der Waals surface area (Å²) >= 11 is 0. The number of nitrogens with one attached hydrogen (secondary N) is 1. The molecule has 1 aliphatic rings. The molecule has 0 unspecified atom stereocenters. The molecule has 0 bridgehead atoms. The lowest BCUT2D eigenvalue weighted by molar-refractivity contribution is -0.128. The lowest BCUT2D eigenvalue weighted by atomic mass is 10.4. The highest BCUT2D eigenvalue weighted by atomic mass is 16.2. The van der Waals surface area contributed by atoms with Crippen molar-refractivity contribution in [1.82, 2.24) is 10.4 Å². The third-order valence-corrected chi connectivity index (χ3v) is 1.06. The molecule has 40 valence electrons. The lowest BCUT2D eigenvalue weighted by Crippen LogP contribution is -2.29. The largest absolute Gasteiger partial charge is 0.281 e. The fourth-order valence-corrected chi connectivity index (χ4v) is 0.586. The van der Waals surface area contributed by atoms with E-state index in [1.54, 1.807) is 7.05 Å². The number of hydrazine groups is 1. The van der Waals surface area contributed by atoms with Gasteiger partial charge in [0.05, 0.1) is 0 Å². The minimum atomic E-state index is 0.181. The van der Waals surface area contributed by atoms with Crippen LogP contribution in [-0.2, 0) is 4.79 Å². The summed E-state index contributed by atoms with van der Waals surface area (Å²) in [4.78, 5) is 10.4. The van der Waals surface area contributed by atoms with Crippen LogP contribution in [0.5, 0.6) is 0 Å². The van der Waals surface area contributed by atoms with Crippen molar-refractivity contribution >= 4 is 5.91 Å². The number of hydrogen-bond acceptors (Lipinski definition) is 2. The van der Waals surface area contributed by atoms with Crippen molar-refractivity contribution in [3.63, 3.8) is 0 Å². The Balaban J connectivity index is 2.48. The van der Waals surface area contributed by atoms with Crippen molar-refractivity contribution in [3.8, 4) is 0 Å². The fraction of sp³-hybridized carbons (Fsp3) is 0.750. The molecule has 0 saturated carbocycles. The molecule has 1 rings (SSSR count). The molecule has 0 aliphatic carbocycles. The first-order valence-electron chi connectivity index (χ1n) is 2.31. The van der Waals surface area contributed by atoms with Gasteiger partial charge in [-0.1, -0.05) is 0 Å². The Morgan fingerprint density at radius 2 is 2.57 bits per heavy atom. The Kier molecular flexibility index (Phi) is 0.982. The molecule has 1 fully saturated rings. The summed E-state index contributed by atoms with van der Waals surface area (Å²) in [6.45, 7) is 0.801. The Morgan fingerprint density at radius 1 is 1.86 bits per heavy atom. The zero-order valence-electron chi connectivity index (χ0n) is 4.27. The third-order valence-electron chi connectivity index (χ3n) is 1.06. The zero-order valence-corrected chi connectivity index (χ0v) is 4.27. The van der Waals surface area contributed by atoms with Crippen LogP contribution in [-0.4, -0.2) is 24.5 Å². The summed E-state index contributed by atoms with van der Waals surface area (Å²) in [5.41, 5.74) is 2.85. The van der Waals surface area contributed by atoms with Crippen molar-refractivity contribution in [2.24, 2.45) is 0 Å². The number of hydrogen-bond donors (Lipinski definition) is 1. The number of rotatable bonds is 0. The van der Waals surface area contributed by atoms with E-state index in [0.29, 0.717) is 6.42 Å². The molecular weight excluding hydrogens is 92.1 g/mol. The summed E-state index contributed by atoms with van der Waals surface area (Å²) in [5, 5.41) is 1.51.